The van der Waals surface area contributed by atoms with Gasteiger partial charge in [0, 0.05) is 5.69 Å². The average molecular weight is 316 g/mol. The maximum atomic E-state index is 12.3. The SMILES string of the molecule is N#Cc1cccc(S(=O)(=O)NCc2nc3c([nH]2)CCCC3)c1. The molecular formula is C15H16N4O2S. The molecule has 1 aliphatic carbocycles. The first-order valence-electron chi connectivity index (χ1n) is 7.15. The van der Waals surface area contributed by atoms with E-state index in [0.29, 0.717) is 11.4 Å². The summed E-state index contributed by atoms with van der Waals surface area (Å²) in [6.07, 6.45) is 4.19. The number of sulfonamides is 1. The second kappa shape index (κ2) is 5.91. The highest BCUT2D eigenvalue weighted by Crippen LogP contribution is 2.19. The highest BCUT2D eigenvalue weighted by molar-refractivity contribution is 7.89. The number of aromatic amines is 1. The predicted molar refractivity (Wildman–Crippen MR) is 80.4 cm³/mol. The third-order valence-electron chi connectivity index (χ3n) is 3.71. The van der Waals surface area contributed by atoms with Crippen LogP contribution in [0.3, 0.4) is 0 Å². The summed E-state index contributed by atoms with van der Waals surface area (Å²) < 4.78 is 27.0. The average Bonchev–Trinajstić information content (AvgIpc) is 2.96. The zero-order chi connectivity index (χ0) is 15.6. The number of nitriles is 1. The molecule has 114 valence electrons. The summed E-state index contributed by atoms with van der Waals surface area (Å²) in [7, 11) is -3.65. The molecule has 0 atom stereocenters. The lowest BCUT2D eigenvalue weighted by Crippen LogP contribution is -2.24. The predicted octanol–water partition coefficient (Wildman–Crippen LogP) is 1.64. The zero-order valence-corrected chi connectivity index (χ0v) is 12.8. The minimum absolute atomic E-state index is 0.0860. The number of fused-ring (bicyclic) bond motifs is 1. The monoisotopic (exact) mass is 316 g/mol. The van der Waals surface area contributed by atoms with Crippen molar-refractivity contribution in [2.24, 2.45) is 0 Å². The fraction of sp³-hybridized carbons (Fsp3) is 0.333. The van der Waals surface area contributed by atoms with Crippen LogP contribution in [-0.2, 0) is 29.4 Å². The van der Waals surface area contributed by atoms with Gasteiger partial charge in [-0.25, -0.2) is 18.1 Å². The Kier molecular flexibility index (Phi) is 3.96. The van der Waals surface area contributed by atoms with E-state index in [9.17, 15) is 8.42 Å². The highest BCUT2D eigenvalue weighted by Gasteiger charge is 2.17. The molecule has 0 bridgehead atoms. The van der Waals surface area contributed by atoms with Crippen LogP contribution < -0.4 is 4.72 Å². The first kappa shape index (κ1) is 14.8. The highest BCUT2D eigenvalue weighted by atomic mass is 32.2. The van der Waals surface area contributed by atoms with Gasteiger partial charge in [-0.2, -0.15) is 5.26 Å². The van der Waals surface area contributed by atoms with E-state index in [0.717, 1.165) is 37.1 Å². The lowest BCUT2D eigenvalue weighted by atomic mass is 10.0. The van der Waals surface area contributed by atoms with Crippen LogP contribution in [-0.4, -0.2) is 18.4 Å². The van der Waals surface area contributed by atoms with Crippen LogP contribution in [0.2, 0.25) is 0 Å². The molecule has 0 amide bonds. The molecular weight excluding hydrogens is 300 g/mol. The number of aryl methyl sites for hydroxylation is 2. The van der Waals surface area contributed by atoms with E-state index in [-0.39, 0.29) is 11.4 Å². The Morgan fingerprint density at radius 1 is 1.32 bits per heavy atom. The van der Waals surface area contributed by atoms with Gasteiger partial charge in [0.25, 0.3) is 0 Å². The Morgan fingerprint density at radius 2 is 2.14 bits per heavy atom. The van der Waals surface area contributed by atoms with Crippen molar-refractivity contribution in [1.29, 1.82) is 5.26 Å². The minimum atomic E-state index is -3.65. The smallest absolute Gasteiger partial charge is 0.241 e. The quantitative estimate of drug-likeness (QED) is 0.895. The number of benzene rings is 1. The van der Waals surface area contributed by atoms with Crippen molar-refractivity contribution in [2.45, 2.75) is 37.1 Å². The van der Waals surface area contributed by atoms with Crippen molar-refractivity contribution in [3.63, 3.8) is 0 Å². The van der Waals surface area contributed by atoms with Gasteiger partial charge in [0.2, 0.25) is 10.0 Å². The lowest BCUT2D eigenvalue weighted by Gasteiger charge is -2.07. The second-order valence-electron chi connectivity index (χ2n) is 5.28. The summed E-state index contributed by atoms with van der Waals surface area (Å²) in [4.78, 5) is 7.72. The van der Waals surface area contributed by atoms with Crippen LogP contribution in [0.4, 0.5) is 0 Å². The molecule has 2 N–H and O–H groups in total. The van der Waals surface area contributed by atoms with E-state index < -0.39 is 10.0 Å². The molecule has 1 aromatic heterocycles. The lowest BCUT2D eigenvalue weighted by molar-refractivity contribution is 0.579. The Labute approximate surface area is 129 Å². The minimum Gasteiger partial charge on any atom is -0.345 e. The molecule has 0 aliphatic heterocycles. The van der Waals surface area contributed by atoms with Gasteiger partial charge in [-0.1, -0.05) is 6.07 Å². The van der Waals surface area contributed by atoms with E-state index in [1.807, 2.05) is 6.07 Å². The van der Waals surface area contributed by atoms with E-state index in [1.54, 1.807) is 12.1 Å². The molecule has 2 aromatic rings. The van der Waals surface area contributed by atoms with Gasteiger partial charge in [0.15, 0.2) is 0 Å². The first-order chi connectivity index (χ1) is 10.6. The molecule has 1 aromatic carbocycles. The first-order valence-corrected chi connectivity index (χ1v) is 8.63. The summed E-state index contributed by atoms with van der Waals surface area (Å²) in [5.41, 5.74) is 2.48. The topological polar surface area (TPSA) is 98.6 Å². The van der Waals surface area contributed by atoms with E-state index in [1.165, 1.54) is 12.1 Å². The van der Waals surface area contributed by atoms with Crippen molar-refractivity contribution in [3.05, 3.63) is 47.0 Å². The van der Waals surface area contributed by atoms with E-state index in [4.69, 9.17) is 5.26 Å². The standard InChI is InChI=1S/C15H16N4O2S/c16-9-11-4-3-5-12(8-11)22(20,21)17-10-15-18-13-6-1-2-7-14(13)19-15/h3-5,8,17H,1-2,6-7,10H2,(H,18,19). The van der Waals surface area contributed by atoms with Crippen LogP contribution in [0.1, 0.15) is 35.6 Å². The van der Waals surface area contributed by atoms with Gasteiger partial charge in [0.1, 0.15) is 5.82 Å². The Hall–Kier alpha value is -2.17. The molecule has 6 nitrogen and oxygen atoms in total. The van der Waals surface area contributed by atoms with Crippen molar-refractivity contribution in [2.75, 3.05) is 0 Å². The number of nitrogens with one attached hydrogen (secondary N) is 2. The number of hydrogen-bond acceptors (Lipinski definition) is 4. The number of hydrogen-bond donors (Lipinski definition) is 2. The number of imidazole rings is 1. The van der Waals surface area contributed by atoms with Gasteiger partial charge in [-0.15, -0.1) is 0 Å². The van der Waals surface area contributed by atoms with Gasteiger partial charge in [-0.3, -0.25) is 0 Å². The summed E-state index contributed by atoms with van der Waals surface area (Å²) in [6, 6.07) is 7.88. The summed E-state index contributed by atoms with van der Waals surface area (Å²) >= 11 is 0. The summed E-state index contributed by atoms with van der Waals surface area (Å²) in [6.45, 7) is 0.117. The van der Waals surface area contributed by atoms with E-state index >= 15 is 0 Å². The molecule has 0 saturated heterocycles. The second-order valence-corrected chi connectivity index (χ2v) is 7.05. The largest absolute Gasteiger partial charge is 0.345 e. The summed E-state index contributed by atoms with van der Waals surface area (Å²) in [5, 5.41) is 8.85. The molecule has 1 aliphatic rings. The molecule has 0 saturated carbocycles. The van der Waals surface area contributed by atoms with Gasteiger partial charge in [-0.05, 0) is 43.9 Å². The number of H-pyrrole nitrogens is 1. The Morgan fingerprint density at radius 3 is 2.91 bits per heavy atom. The number of rotatable bonds is 4. The Balaban J connectivity index is 1.74. The molecule has 0 spiro atoms. The van der Waals surface area contributed by atoms with Crippen molar-refractivity contribution in [3.8, 4) is 6.07 Å². The van der Waals surface area contributed by atoms with E-state index in [2.05, 4.69) is 14.7 Å². The number of aromatic nitrogens is 2. The maximum Gasteiger partial charge on any atom is 0.241 e. The van der Waals surface area contributed by atoms with Crippen LogP contribution in [0.15, 0.2) is 29.2 Å². The maximum absolute atomic E-state index is 12.3. The molecule has 0 fully saturated rings. The van der Waals surface area contributed by atoms with Crippen LogP contribution in [0.5, 0.6) is 0 Å². The Bertz CT molecular complexity index is 810. The van der Waals surface area contributed by atoms with Crippen LogP contribution in [0, 0.1) is 11.3 Å². The molecule has 0 unspecified atom stereocenters. The van der Waals surface area contributed by atoms with Crippen molar-refractivity contribution >= 4 is 10.0 Å². The summed E-state index contributed by atoms with van der Waals surface area (Å²) in [5.74, 6) is 0.631. The molecule has 7 heteroatoms. The fourth-order valence-electron chi connectivity index (χ4n) is 2.58. The van der Waals surface area contributed by atoms with Gasteiger partial charge >= 0.3 is 0 Å². The number of nitrogens with zero attached hydrogens (tertiary/aromatic N) is 2. The third-order valence-corrected chi connectivity index (χ3v) is 5.11. The molecule has 22 heavy (non-hydrogen) atoms. The molecule has 0 radical (unpaired) electrons. The zero-order valence-electron chi connectivity index (χ0n) is 12.0. The molecule has 1 heterocycles. The third kappa shape index (κ3) is 3.03. The van der Waals surface area contributed by atoms with Crippen molar-refractivity contribution < 1.29 is 8.42 Å². The fourth-order valence-corrected chi connectivity index (χ4v) is 3.61. The van der Waals surface area contributed by atoms with Crippen LogP contribution in [0.25, 0.3) is 0 Å². The molecule has 3 rings (SSSR count). The normalized spacial score (nSPS) is 14.3. The van der Waals surface area contributed by atoms with Crippen LogP contribution >= 0.6 is 0 Å². The van der Waals surface area contributed by atoms with Gasteiger partial charge in [0.05, 0.1) is 28.8 Å². The van der Waals surface area contributed by atoms with Gasteiger partial charge < -0.3 is 4.98 Å². The van der Waals surface area contributed by atoms with Crippen molar-refractivity contribution in [1.82, 2.24) is 14.7 Å².